The van der Waals surface area contributed by atoms with E-state index >= 15 is 0 Å². The van der Waals surface area contributed by atoms with Crippen molar-refractivity contribution in [2.45, 2.75) is 33.2 Å². The predicted molar refractivity (Wildman–Crippen MR) is 108 cm³/mol. The van der Waals surface area contributed by atoms with E-state index in [1.807, 2.05) is 24.3 Å². The molecule has 0 atom stereocenters. The molecule has 1 aromatic carbocycles. The van der Waals surface area contributed by atoms with Crippen LogP contribution >= 0.6 is 11.3 Å². The molecule has 3 rings (SSSR count). The molecule has 3 aromatic rings. The monoisotopic (exact) mass is 399 g/mol. The van der Waals surface area contributed by atoms with Crippen molar-refractivity contribution in [3.8, 4) is 5.75 Å². The summed E-state index contributed by atoms with van der Waals surface area (Å²) in [7, 11) is 1.60. The van der Waals surface area contributed by atoms with Crippen LogP contribution in [-0.2, 0) is 17.8 Å². The second-order valence-electron chi connectivity index (χ2n) is 6.56. The summed E-state index contributed by atoms with van der Waals surface area (Å²) in [4.78, 5) is 41.8. The number of amides is 1. The van der Waals surface area contributed by atoms with E-state index in [-0.39, 0.29) is 24.3 Å². The molecule has 0 bridgehead atoms. The summed E-state index contributed by atoms with van der Waals surface area (Å²) in [6, 6.07) is 7.48. The van der Waals surface area contributed by atoms with Crippen molar-refractivity contribution in [3.63, 3.8) is 0 Å². The third-order valence-electron chi connectivity index (χ3n) is 4.56. The highest BCUT2D eigenvalue weighted by atomic mass is 32.1. The van der Waals surface area contributed by atoms with Crippen LogP contribution in [0.2, 0.25) is 0 Å². The number of Topliss-reactive ketones (excluding diaryl/α,β-unsaturated/α-hetero) is 1. The number of hydrogen-bond acceptors (Lipinski definition) is 6. The summed E-state index contributed by atoms with van der Waals surface area (Å²) < 4.78 is 6.70. The molecule has 146 valence electrons. The lowest BCUT2D eigenvalue weighted by Crippen LogP contribution is -2.26. The Labute approximate surface area is 165 Å². The van der Waals surface area contributed by atoms with Gasteiger partial charge in [0.15, 0.2) is 0 Å². The first-order chi connectivity index (χ1) is 13.3. The number of thiophene rings is 1. The SMILES string of the molecule is COc1ccc(Cc2nc3sc(C(N)=O)c(C)c3c(=O)n2CCC(C)=O)cc1. The van der Waals surface area contributed by atoms with Gasteiger partial charge in [-0.15, -0.1) is 11.3 Å². The van der Waals surface area contributed by atoms with Crippen molar-refractivity contribution < 1.29 is 14.3 Å². The van der Waals surface area contributed by atoms with Crippen LogP contribution in [0.3, 0.4) is 0 Å². The Balaban J connectivity index is 2.14. The average molecular weight is 399 g/mol. The number of carbonyl (C=O) groups is 2. The molecular weight excluding hydrogens is 378 g/mol. The molecule has 2 aromatic heterocycles. The number of ketones is 1. The highest BCUT2D eigenvalue weighted by Crippen LogP contribution is 2.27. The highest BCUT2D eigenvalue weighted by molar-refractivity contribution is 7.20. The van der Waals surface area contributed by atoms with Crippen LogP contribution in [0.15, 0.2) is 29.1 Å². The van der Waals surface area contributed by atoms with E-state index in [4.69, 9.17) is 10.5 Å². The quantitative estimate of drug-likeness (QED) is 0.657. The molecule has 28 heavy (non-hydrogen) atoms. The number of rotatable bonds is 7. The van der Waals surface area contributed by atoms with Gasteiger partial charge in [0, 0.05) is 19.4 Å². The number of nitrogens with two attached hydrogens (primary N) is 1. The van der Waals surface area contributed by atoms with Crippen molar-refractivity contribution in [2.24, 2.45) is 5.73 Å². The Hall–Kier alpha value is -3.00. The molecular formula is C20H21N3O4S. The van der Waals surface area contributed by atoms with Crippen LogP contribution in [0.5, 0.6) is 5.75 Å². The van der Waals surface area contributed by atoms with Gasteiger partial charge in [0.05, 0.1) is 17.4 Å². The standard InChI is InChI=1S/C20H21N3O4S/c1-11(24)8-9-23-15(10-13-4-6-14(27-3)7-5-13)22-19-16(20(23)26)12(2)17(28-19)18(21)25/h4-7H,8-10H2,1-3H3,(H2,21,25). The topological polar surface area (TPSA) is 104 Å². The van der Waals surface area contributed by atoms with Crippen molar-refractivity contribution >= 4 is 33.2 Å². The van der Waals surface area contributed by atoms with Crippen LogP contribution < -0.4 is 16.0 Å². The zero-order valence-electron chi connectivity index (χ0n) is 15.9. The maximum atomic E-state index is 13.2. The molecule has 0 aliphatic heterocycles. The zero-order valence-corrected chi connectivity index (χ0v) is 16.8. The molecule has 2 N–H and O–H groups in total. The third-order valence-corrected chi connectivity index (χ3v) is 5.76. The van der Waals surface area contributed by atoms with Gasteiger partial charge in [-0.05, 0) is 37.1 Å². The Kier molecular flexibility index (Phi) is 5.60. The average Bonchev–Trinajstić information content (AvgIpc) is 2.98. The van der Waals surface area contributed by atoms with E-state index in [1.54, 1.807) is 14.0 Å². The number of methoxy groups -OCH3 is 1. The summed E-state index contributed by atoms with van der Waals surface area (Å²) in [5.74, 6) is 0.691. The fourth-order valence-electron chi connectivity index (χ4n) is 3.05. The molecule has 7 nitrogen and oxygen atoms in total. The van der Waals surface area contributed by atoms with Crippen LogP contribution in [-0.4, -0.2) is 28.4 Å². The number of aryl methyl sites for hydroxylation is 1. The van der Waals surface area contributed by atoms with Gasteiger partial charge in [0.1, 0.15) is 22.2 Å². The molecule has 0 radical (unpaired) electrons. The van der Waals surface area contributed by atoms with Crippen molar-refractivity contribution in [1.82, 2.24) is 9.55 Å². The number of nitrogens with zero attached hydrogens (tertiary/aromatic N) is 2. The van der Waals surface area contributed by atoms with E-state index in [2.05, 4.69) is 4.98 Å². The smallest absolute Gasteiger partial charge is 0.262 e. The van der Waals surface area contributed by atoms with Crippen LogP contribution in [0.25, 0.3) is 10.2 Å². The van der Waals surface area contributed by atoms with Crippen LogP contribution in [0.1, 0.15) is 40.0 Å². The molecule has 0 aliphatic carbocycles. The lowest BCUT2D eigenvalue weighted by atomic mass is 10.1. The second-order valence-corrected chi connectivity index (χ2v) is 7.56. The summed E-state index contributed by atoms with van der Waals surface area (Å²) >= 11 is 1.12. The lowest BCUT2D eigenvalue weighted by molar-refractivity contribution is -0.117. The van der Waals surface area contributed by atoms with Gasteiger partial charge < -0.3 is 10.5 Å². The Bertz CT molecular complexity index is 1110. The van der Waals surface area contributed by atoms with E-state index in [9.17, 15) is 14.4 Å². The highest BCUT2D eigenvalue weighted by Gasteiger charge is 2.20. The molecule has 8 heteroatoms. The number of hydrogen-bond donors (Lipinski definition) is 1. The second kappa shape index (κ2) is 7.93. The Morgan fingerprint density at radius 1 is 1.25 bits per heavy atom. The van der Waals surface area contributed by atoms with E-state index in [1.165, 1.54) is 11.5 Å². The van der Waals surface area contributed by atoms with Gasteiger partial charge >= 0.3 is 0 Å². The molecule has 0 unspecified atom stereocenters. The van der Waals surface area contributed by atoms with Gasteiger partial charge in [-0.2, -0.15) is 0 Å². The molecule has 0 spiro atoms. The number of carbonyl (C=O) groups excluding carboxylic acids is 2. The van der Waals surface area contributed by atoms with Crippen LogP contribution in [0.4, 0.5) is 0 Å². The van der Waals surface area contributed by atoms with E-state index in [0.717, 1.165) is 22.6 Å². The van der Waals surface area contributed by atoms with E-state index < -0.39 is 5.91 Å². The molecule has 0 saturated heterocycles. The molecule has 2 heterocycles. The fourth-order valence-corrected chi connectivity index (χ4v) is 4.10. The molecule has 0 aliphatic rings. The maximum absolute atomic E-state index is 13.2. The van der Waals surface area contributed by atoms with Crippen molar-refractivity contribution in [2.75, 3.05) is 7.11 Å². The number of primary amides is 1. The van der Waals surface area contributed by atoms with Gasteiger partial charge in [0.2, 0.25) is 0 Å². The largest absolute Gasteiger partial charge is 0.497 e. The summed E-state index contributed by atoms with van der Waals surface area (Å²) in [5, 5.41) is 0.390. The molecule has 1 amide bonds. The Morgan fingerprint density at radius 3 is 2.50 bits per heavy atom. The minimum Gasteiger partial charge on any atom is -0.497 e. The lowest BCUT2D eigenvalue weighted by Gasteiger charge is -2.12. The summed E-state index contributed by atoms with van der Waals surface area (Å²) in [6.45, 7) is 3.42. The minimum absolute atomic E-state index is 0.0118. The normalized spacial score (nSPS) is 11.0. The minimum atomic E-state index is -0.577. The first-order valence-electron chi connectivity index (χ1n) is 8.76. The summed E-state index contributed by atoms with van der Waals surface area (Å²) in [6.07, 6.45) is 0.643. The zero-order chi connectivity index (χ0) is 20.4. The number of benzene rings is 1. The first-order valence-corrected chi connectivity index (χ1v) is 9.58. The van der Waals surface area contributed by atoms with Crippen LogP contribution in [0, 0.1) is 6.92 Å². The predicted octanol–water partition coefficient (Wildman–Crippen LogP) is 2.44. The van der Waals surface area contributed by atoms with Gasteiger partial charge in [-0.1, -0.05) is 12.1 Å². The van der Waals surface area contributed by atoms with Crippen molar-refractivity contribution in [3.05, 3.63) is 56.4 Å². The third kappa shape index (κ3) is 3.82. The van der Waals surface area contributed by atoms with Crippen molar-refractivity contribution in [1.29, 1.82) is 0 Å². The molecule has 0 saturated carbocycles. The maximum Gasteiger partial charge on any atom is 0.262 e. The first kappa shape index (κ1) is 19.8. The van der Waals surface area contributed by atoms with Gasteiger partial charge in [-0.3, -0.25) is 19.0 Å². The molecule has 0 fully saturated rings. The number of fused-ring (bicyclic) bond motifs is 1. The number of aromatic nitrogens is 2. The number of ether oxygens (including phenoxy) is 1. The fraction of sp³-hybridized carbons (Fsp3) is 0.300. The van der Waals surface area contributed by atoms with Gasteiger partial charge in [0.25, 0.3) is 11.5 Å². The van der Waals surface area contributed by atoms with Gasteiger partial charge in [-0.25, -0.2) is 4.98 Å². The Morgan fingerprint density at radius 2 is 1.93 bits per heavy atom. The summed E-state index contributed by atoms with van der Waals surface area (Å²) in [5.41, 5.74) is 6.67. The van der Waals surface area contributed by atoms with E-state index in [0.29, 0.717) is 32.9 Å².